The van der Waals surface area contributed by atoms with Gasteiger partial charge in [0, 0.05) is 6.42 Å². The molecule has 16 heavy (non-hydrogen) atoms. The molecule has 0 bridgehead atoms. The van der Waals surface area contributed by atoms with Crippen molar-refractivity contribution in [1.82, 2.24) is 0 Å². The van der Waals surface area contributed by atoms with Crippen molar-refractivity contribution >= 4 is 0 Å². The topological polar surface area (TPSA) is 20.2 Å². The summed E-state index contributed by atoms with van der Waals surface area (Å²) in [5, 5.41) is 9.48. The highest BCUT2D eigenvalue weighted by molar-refractivity contribution is 5.25. The highest BCUT2D eigenvalue weighted by Gasteiger charge is 2.10. The molecule has 0 aliphatic rings. The second kappa shape index (κ2) is 7.37. The molecule has 0 heterocycles. The molecule has 0 amide bonds. The zero-order chi connectivity index (χ0) is 12.6. The van der Waals surface area contributed by atoms with Gasteiger partial charge in [-0.1, -0.05) is 51.4 Å². The number of aliphatic hydroxyl groups is 1. The van der Waals surface area contributed by atoms with Gasteiger partial charge in [0.1, 0.15) is 0 Å². The summed E-state index contributed by atoms with van der Waals surface area (Å²) in [6.45, 7) is 8.23. The van der Waals surface area contributed by atoms with Crippen LogP contribution in [0.2, 0.25) is 0 Å². The first-order valence-corrected chi connectivity index (χ1v) is 6.07. The lowest BCUT2D eigenvalue weighted by Gasteiger charge is -2.09. The fourth-order valence-corrected chi connectivity index (χ4v) is 1.41. The van der Waals surface area contributed by atoms with Crippen molar-refractivity contribution < 1.29 is 5.11 Å². The van der Waals surface area contributed by atoms with Crippen LogP contribution in [-0.4, -0.2) is 10.7 Å². The summed E-state index contributed by atoms with van der Waals surface area (Å²) in [5.41, 5.74) is -1.27. The third kappa shape index (κ3) is 8.39. The van der Waals surface area contributed by atoms with Crippen LogP contribution in [0, 0.1) is 36.0 Å². The molecule has 2 unspecified atom stereocenters. The Bertz CT molecular complexity index is 283. The van der Waals surface area contributed by atoms with Crippen molar-refractivity contribution in [3.63, 3.8) is 0 Å². The SMILES string of the molecule is C#CC(C)(O)C#CCC(C)CCCC(C)C. The van der Waals surface area contributed by atoms with E-state index in [4.69, 9.17) is 6.42 Å². The van der Waals surface area contributed by atoms with E-state index in [1.807, 2.05) is 0 Å². The summed E-state index contributed by atoms with van der Waals surface area (Å²) in [7, 11) is 0. The van der Waals surface area contributed by atoms with E-state index in [-0.39, 0.29) is 0 Å². The zero-order valence-corrected chi connectivity index (χ0v) is 11.0. The maximum absolute atomic E-state index is 9.48. The van der Waals surface area contributed by atoms with Gasteiger partial charge in [-0.3, -0.25) is 0 Å². The number of terminal acetylenes is 1. The Morgan fingerprint density at radius 1 is 1.25 bits per heavy atom. The fourth-order valence-electron chi connectivity index (χ4n) is 1.41. The first kappa shape index (κ1) is 15.1. The molecule has 1 heteroatoms. The van der Waals surface area contributed by atoms with Gasteiger partial charge in [0.15, 0.2) is 5.60 Å². The summed E-state index contributed by atoms with van der Waals surface area (Å²) in [4.78, 5) is 0. The Morgan fingerprint density at radius 2 is 1.88 bits per heavy atom. The van der Waals surface area contributed by atoms with Gasteiger partial charge in [0.2, 0.25) is 0 Å². The average Bonchev–Trinajstić information content (AvgIpc) is 2.17. The van der Waals surface area contributed by atoms with Crippen LogP contribution in [0.4, 0.5) is 0 Å². The van der Waals surface area contributed by atoms with Crippen LogP contribution in [-0.2, 0) is 0 Å². The first-order valence-electron chi connectivity index (χ1n) is 6.07. The molecule has 0 spiro atoms. The molecule has 2 atom stereocenters. The summed E-state index contributed by atoms with van der Waals surface area (Å²) in [6, 6.07) is 0. The Balaban J connectivity index is 3.82. The van der Waals surface area contributed by atoms with Crippen molar-refractivity contribution in [2.24, 2.45) is 11.8 Å². The molecule has 0 saturated carbocycles. The molecular formula is C15H24O. The van der Waals surface area contributed by atoms with Gasteiger partial charge < -0.3 is 5.11 Å². The molecule has 0 fully saturated rings. The predicted molar refractivity (Wildman–Crippen MR) is 69.7 cm³/mol. The van der Waals surface area contributed by atoms with E-state index in [1.54, 1.807) is 6.92 Å². The summed E-state index contributed by atoms with van der Waals surface area (Å²) < 4.78 is 0. The molecule has 0 aliphatic heterocycles. The highest BCUT2D eigenvalue weighted by Crippen LogP contribution is 2.14. The second-order valence-corrected chi connectivity index (χ2v) is 5.15. The molecule has 0 aromatic rings. The van der Waals surface area contributed by atoms with Crippen molar-refractivity contribution in [2.75, 3.05) is 0 Å². The predicted octanol–water partition coefficient (Wildman–Crippen LogP) is 3.23. The van der Waals surface area contributed by atoms with Crippen LogP contribution in [0.3, 0.4) is 0 Å². The van der Waals surface area contributed by atoms with Crippen LogP contribution >= 0.6 is 0 Å². The van der Waals surface area contributed by atoms with Gasteiger partial charge in [-0.25, -0.2) is 0 Å². The molecular weight excluding hydrogens is 196 g/mol. The molecule has 90 valence electrons. The quantitative estimate of drug-likeness (QED) is 0.705. The van der Waals surface area contributed by atoms with Gasteiger partial charge in [-0.2, -0.15) is 0 Å². The molecule has 0 aromatic heterocycles. The molecule has 1 N–H and O–H groups in total. The summed E-state index contributed by atoms with van der Waals surface area (Å²) in [6.07, 6.45) is 9.68. The summed E-state index contributed by atoms with van der Waals surface area (Å²) >= 11 is 0. The van der Waals surface area contributed by atoms with E-state index in [9.17, 15) is 5.11 Å². The minimum absolute atomic E-state index is 0.583. The standard InChI is InChI=1S/C15H24O/c1-6-15(5,16)12-8-11-14(4)10-7-9-13(2)3/h1,13-14,16H,7,9-11H2,2-5H3. The average molecular weight is 220 g/mol. The largest absolute Gasteiger partial charge is 0.367 e. The van der Waals surface area contributed by atoms with Crippen LogP contribution in [0.15, 0.2) is 0 Å². The normalized spacial score (nSPS) is 15.8. The van der Waals surface area contributed by atoms with E-state index >= 15 is 0 Å². The zero-order valence-electron chi connectivity index (χ0n) is 11.0. The van der Waals surface area contributed by atoms with Gasteiger partial charge in [0.05, 0.1) is 0 Å². The molecule has 0 rings (SSSR count). The molecule has 0 saturated heterocycles. The first-order chi connectivity index (χ1) is 7.37. The van der Waals surface area contributed by atoms with Crippen molar-refractivity contribution in [2.45, 2.75) is 59.0 Å². The van der Waals surface area contributed by atoms with E-state index in [1.165, 1.54) is 19.3 Å². The van der Waals surface area contributed by atoms with E-state index in [0.29, 0.717) is 5.92 Å². The monoisotopic (exact) mass is 220 g/mol. The Labute approximate surface area is 101 Å². The highest BCUT2D eigenvalue weighted by atomic mass is 16.3. The van der Waals surface area contributed by atoms with Crippen LogP contribution < -0.4 is 0 Å². The maximum atomic E-state index is 9.48. The Kier molecular flexibility index (Phi) is 6.95. The van der Waals surface area contributed by atoms with E-state index in [0.717, 1.165) is 12.3 Å². The van der Waals surface area contributed by atoms with E-state index < -0.39 is 5.60 Å². The van der Waals surface area contributed by atoms with Crippen molar-refractivity contribution in [3.8, 4) is 24.2 Å². The van der Waals surface area contributed by atoms with Gasteiger partial charge >= 0.3 is 0 Å². The maximum Gasteiger partial charge on any atom is 0.184 e. The third-order valence-electron chi connectivity index (χ3n) is 2.54. The molecule has 0 aromatic carbocycles. The van der Waals surface area contributed by atoms with Crippen molar-refractivity contribution in [3.05, 3.63) is 0 Å². The lowest BCUT2D eigenvalue weighted by Crippen LogP contribution is -2.17. The van der Waals surface area contributed by atoms with Crippen LogP contribution in [0.5, 0.6) is 0 Å². The lowest BCUT2D eigenvalue weighted by molar-refractivity contribution is 0.184. The Morgan fingerprint density at radius 3 is 2.38 bits per heavy atom. The number of rotatable bonds is 5. The molecule has 1 nitrogen and oxygen atoms in total. The van der Waals surface area contributed by atoms with E-state index in [2.05, 4.69) is 38.5 Å². The van der Waals surface area contributed by atoms with Crippen LogP contribution in [0.25, 0.3) is 0 Å². The van der Waals surface area contributed by atoms with Gasteiger partial charge in [0.25, 0.3) is 0 Å². The smallest absolute Gasteiger partial charge is 0.184 e. The molecule has 0 aliphatic carbocycles. The lowest BCUT2D eigenvalue weighted by atomic mass is 9.97. The van der Waals surface area contributed by atoms with Gasteiger partial charge in [-0.15, -0.1) is 6.42 Å². The molecule has 0 radical (unpaired) electrons. The van der Waals surface area contributed by atoms with Crippen molar-refractivity contribution in [1.29, 1.82) is 0 Å². The minimum Gasteiger partial charge on any atom is -0.367 e. The third-order valence-corrected chi connectivity index (χ3v) is 2.54. The summed E-state index contributed by atoms with van der Waals surface area (Å²) in [5.74, 6) is 9.30. The second-order valence-electron chi connectivity index (χ2n) is 5.15. The minimum atomic E-state index is -1.27. The number of hydrogen-bond acceptors (Lipinski definition) is 1. The fraction of sp³-hybridized carbons (Fsp3) is 0.733. The van der Waals surface area contributed by atoms with Gasteiger partial charge in [-0.05, 0) is 25.2 Å². The van der Waals surface area contributed by atoms with Crippen LogP contribution in [0.1, 0.15) is 53.4 Å². The number of hydrogen-bond donors (Lipinski definition) is 1. The Hall–Kier alpha value is -0.920.